The van der Waals surface area contributed by atoms with Crippen LogP contribution in [0.1, 0.15) is 11.3 Å². The smallest absolute Gasteiger partial charge is 0.269 e. The van der Waals surface area contributed by atoms with E-state index in [9.17, 15) is 4.79 Å². The van der Waals surface area contributed by atoms with Gasteiger partial charge in [-0.2, -0.15) is 10.4 Å². The molecule has 0 saturated carbocycles. The van der Waals surface area contributed by atoms with Gasteiger partial charge in [0.15, 0.2) is 0 Å². The van der Waals surface area contributed by atoms with Crippen molar-refractivity contribution in [2.24, 2.45) is 0 Å². The summed E-state index contributed by atoms with van der Waals surface area (Å²) in [5, 5.41) is 19.1. The van der Waals surface area contributed by atoms with Gasteiger partial charge in [0.2, 0.25) is 0 Å². The maximum atomic E-state index is 12.0. The number of aromatic nitrogens is 3. The summed E-state index contributed by atoms with van der Waals surface area (Å²) in [6, 6.07) is 6.88. The number of nitrogens with zero attached hydrogens (tertiary/aromatic N) is 4. The summed E-state index contributed by atoms with van der Waals surface area (Å²) in [6.45, 7) is 1.83. The molecule has 2 heterocycles. The first-order valence-electron chi connectivity index (χ1n) is 6.53. The lowest BCUT2D eigenvalue weighted by molar-refractivity contribution is 0.638. The standard InChI is InChI=1S/C14H16N6O/c1-16-4-5-18-13-7-14(21)20(19-9-13)10-11-2-3-17-12(6-11)8-15/h2-3,6-7,9,16,18H,4-5,10H2,1H3. The first-order chi connectivity index (χ1) is 10.2. The van der Waals surface area contributed by atoms with E-state index in [0.717, 1.165) is 18.7 Å². The lowest BCUT2D eigenvalue weighted by atomic mass is 10.2. The van der Waals surface area contributed by atoms with Gasteiger partial charge in [-0.1, -0.05) is 0 Å². The van der Waals surface area contributed by atoms with E-state index < -0.39 is 0 Å². The second-order valence-corrected chi connectivity index (χ2v) is 4.43. The molecule has 0 aromatic carbocycles. The monoisotopic (exact) mass is 284 g/mol. The van der Waals surface area contributed by atoms with Gasteiger partial charge < -0.3 is 10.6 Å². The van der Waals surface area contributed by atoms with Crippen LogP contribution in [0.3, 0.4) is 0 Å². The SMILES string of the molecule is CNCCNc1cnn(Cc2ccnc(C#N)c2)c(=O)c1. The van der Waals surface area contributed by atoms with Crippen molar-refractivity contribution in [3.05, 3.63) is 52.2 Å². The van der Waals surface area contributed by atoms with Crippen molar-refractivity contribution in [2.75, 3.05) is 25.5 Å². The molecule has 108 valence electrons. The maximum absolute atomic E-state index is 12.0. The van der Waals surface area contributed by atoms with E-state index in [1.165, 1.54) is 10.7 Å². The molecular weight excluding hydrogens is 268 g/mol. The molecule has 0 atom stereocenters. The topological polar surface area (TPSA) is 95.6 Å². The molecule has 2 aromatic rings. The third kappa shape index (κ3) is 4.12. The summed E-state index contributed by atoms with van der Waals surface area (Å²) in [7, 11) is 1.86. The summed E-state index contributed by atoms with van der Waals surface area (Å²) in [5.74, 6) is 0. The van der Waals surface area contributed by atoms with Crippen LogP contribution in [-0.4, -0.2) is 34.9 Å². The van der Waals surface area contributed by atoms with E-state index in [0.29, 0.717) is 17.9 Å². The number of hydrogen-bond acceptors (Lipinski definition) is 6. The lowest BCUT2D eigenvalue weighted by Gasteiger charge is -2.08. The van der Waals surface area contributed by atoms with Gasteiger partial charge in [-0.3, -0.25) is 4.79 Å². The number of likely N-dealkylation sites (N-methyl/N-ethyl adjacent to an activating group) is 1. The molecule has 0 fully saturated rings. The van der Waals surface area contributed by atoms with E-state index in [4.69, 9.17) is 5.26 Å². The van der Waals surface area contributed by atoms with Crippen molar-refractivity contribution in [2.45, 2.75) is 6.54 Å². The molecule has 2 N–H and O–H groups in total. The number of anilines is 1. The minimum absolute atomic E-state index is 0.195. The molecule has 2 rings (SSSR count). The molecule has 0 radical (unpaired) electrons. The Kier molecular flexibility index (Phi) is 5.01. The van der Waals surface area contributed by atoms with Gasteiger partial charge in [-0.25, -0.2) is 9.67 Å². The first-order valence-corrected chi connectivity index (χ1v) is 6.53. The fourth-order valence-corrected chi connectivity index (χ4v) is 1.79. The summed E-state index contributed by atoms with van der Waals surface area (Å²) in [4.78, 5) is 15.9. The molecule has 0 aliphatic heterocycles. The summed E-state index contributed by atoms with van der Waals surface area (Å²) < 4.78 is 1.35. The molecule has 21 heavy (non-hydrogen) atoms. The van der Waals surface area contributed by atoms with E-state index in [1.54, 1.807) is 24.5 Å². The van der Waals surface area contributed by atoms with E-state index >= 15 is 0 Å². The van der Waals surface area contributed by atoms with Gasteiger partial charge in [-0.05, 0) is 24.7 Å². The number of pyridine rings is 1. The predicted octanol–water partition coefficient (Wildman–Crippen LogP) is 0.190. The number of hydrogen-bond donors (Lipinski definition) is 2. The molecule has 0 bridgehead atoms. The molecule has 0 aliphatic rings. The zero-order chi connectivity index (χ0) is 15.1. The minimum atomic E-state index is -0.195. The quantitative estimate of drug-likeness (QED) is 0.735. The predicted molar refractivity (Wildman–Crippen MR) is 79.0 cm³/mol. The van der Waals surface area contributed by atoms with Crippen molar-refractivity contribution in [3.63, 3.8) is 0 Å². The lowest BCUT2D eigenvalue weighted by Crippen LogP contribution is -2.24. The summed E-state index contributed by atoms with van der Waals surface area (Å²) >= 11 is 0. The van der Waals surface area contributed by atoms with Gasteiger partial charge in [0.05, 0.1) is 18.4 Å². The molecule has 0 amide bonds. The van der Waals surface area contributed by atoms with Crippen LogP contribution < -0.4 is 16.2 Å². The molecule has 0 saturated heterocycles. The Morgan fingerprint density at radius 2 is 2.24 bits per heavy atom. The van der Waals surface area contributed by atoms with Crippen LogP contribution in [0.25, 0.3) is 0 Å². The summed E-state index contributed by atoms with van der Waals surface area (Å²) in [6.07, 6.45) is 3.16. The van der Waals surface area contributed by atoms with E-state index in [-0.39, 0.29) is 5.56 Å². The Morgan fingerprint density at radius 3 is 2.95 bits per heavy atom. The van der Waals surface area contributed by atoms with Crippen LogP contribution in [0.5, 0.6) is 0 Å². The van der Waals surface area contributed by atoms with Crippen LogP contribution in [-0.2, 0) is 6.54 Å². The Labute approximate surface area is 122 Å². The van der Waals surface area contributed by atoms with Crippen LogP contribution in [0, 0.1) is 11.3 Å². The highest BCUT2D eigenvalue weighted by Crippen LogP contribution is 2.03. The highest BCUT2D eigenvalue weighted by Gasteiger charge is 2.02. The Morgan fingerprint density at radius 1 is 1.38 bits per heavy atom. The molecular formula is C14H16N6O. The zero-order valence-corrected chi connectivity index (χ0v) is 11.7. The largest absolute Gasteiger partial charge is 0.382 e. The van der Waals surface area contributed by atoms with Gasteiger partial charge in [0, 0.05) is 25.4 Å². The average Bonchev–Trinajstić information content (AvgIpc) is 2.50. The maximum Gasteiger partial charge on any atom is 0.269 e. The second kappa shape index (κ2) is 7.17. The Bertz CT molecular complexity index is 703. The van der Waals surface area contributed by atoms with Crippen LogP contribution in [0.4, 0.5) is 5.69 Å². The highest BCUT2D eigenvalue weighted by molar-refractivity contribution is 5.38. The zero-order valence-electron chi connectivity index (χ0n) is 11.7. The minimum Gasteiger partial charge on any atom is -0.382 e. The Balaban J connectivity index is 2.10. The van der Waals surface area contributed by atoms with Gasteiger partial charge in [0.25, 0.3) is 5.56 Å². The van der Waals surface area contributed by atoms with Crippen LogP contribution in [0.15, 0.2) is 35.4 Å². The fraction of sp³-hybridized carbons (Fsp3) is 0.286. The molecule has 0 aliphatic carbocycles. The van der Waals surface area contributed by atoms with Gasteiger partial charge >= 0.3 is 0 Å². The fourth-order valence-electron chi connectivity index (χ4n) is 1.79. The molecule has 0 spiro atoms. The molecule has 0 unspecified atom stereocenters. The van der Waals surface area contributed by atoms with Crippen LogP contribution >= 0.6 is 0 Å². The average molecular weight is 284 g/mol. The van der Waals surface area contributed by atoms with Crippen molar-refractivity contribution in [3.8, 4) is 6.07 Å². The third-order valence-electron chi connectivity index (χ3n) is 2.84. The van der Waals surface area contributed by atoms with Gasteiger partial charge in [-0.15, -0.1) is 0 Å². The first kappa shape index (κ1) is 14.7. The number of nitrogens with one attached hydrogen (secondary N) is 2. The second-order valence-electron chi connectivity index (χ2n) is 4.43. The Hall–Kier alpha value is -2.72. The van der Waals surface area contributed by atoms with Crippen molar-refractivity contribution < 1.29 is 0 Å². The molecule has 7 heteroatoms. The van der Waals surface area contributed by atoms with Crippen molar-refractivity contribution >= 4 is 5.69 Å². The van der Waals surface area contributed by atoms with Crippen molar-refractivity contribution in [1.82, 2.24) is 20.1 Å². The van der Waals surface area contributed by atoms with Crippen LogP contribution in [0.2, 0.25) is 0 Å². The van der Waals surface area contributed by atoms with E-state index in [1.807, 2.05) is 13.1 Å². The number of nitriles is 1. The number of rotatable bonds is 6. The molecule has 7 nitrogen and oxygen atoms in total. The summed E-state index contributed by atoms with van der Waals surface area (Å²) in [5.41, 5.74) is 1.64. The van der Waals surface area contributed by atoms with Gasteiger partial charge in [0.1, 0.15) is 11.8 Å². The van der Waals surface area contributed by atoms with E-state index in [2.05, 4.69) is 20.7 Å². The van der Waals surface area contributed by atoms with Crippen molar-refractivity contribution in [1.29, 1.82) is 5.26 Å². The normalized spacial score (nSPS) is 10.1. The highest BCUT2D eigenvalue weighted by atomic mass is 16.1. The third-order valence-corrected chi connectivity index (χ3v) is 2.84. The molecule has 2 aromatic heterocycles.